The topological polar surface area (TPSA) is 51.2 Å². The molecule has 0 radical (unpaired) electrons. The van der Waals surface area contributed by atoms with Crippen LogP contribution in [0.3, 0.4) is 0 Å². The Labute approximate surface area is 197 Å². The largest absolute Gasteiger partial charge is 0.493 e. The second-order valence-electron chi connectivity index (χ2n) is 11.9. The van der Waals surface area contributed by atoms with Gasteiger partial charge in [-0.25, -0.2) is 0 Å². The number of rotatable bonds is 6. The highest BCUT2D eigenvalue weighted by Crippen LogP contribution is 2.75. The summed E-state index contributed by atoms with van der Waals surface area (Å²) in [4.78, 5) is 2.80. The van der Waals surface area contributed by atoms with Gasteiger partial charge in [0, 0.05) is 36.6 Å². The van der Waals surface area contributed by atoms with E-state index in [2.05, 4.69) is 36.1 Å². The van der Waals surface area contributed by atoms with E-state index >= 15 is 0 Å². The van der Waals surface area contributed by atoms with Crippen LogP contribution in [0, 0.1) is 17.3 Å². The minimum absolute atomic E-state index is 0.0200. The van der Waals surface area contributed by atoms with Crippen molar-refractivity contribution in [2.75, 3.05) is 27.3 Å². The maximum atomic E-state index is 11.7. The van der Waals surface area contributed by atoms with Gasteiger partial charge in [0.2, 0.25) is 0 Å². The Bertz CT molecular complexity index is 1050. The highest BCUT2D eigenvalue weighted by atomic mass is 16.6. The molecule has 33 heavy (non-hydrogen) atoms. The van der Waals surface area contributed by atoms with E-state index in [9.17, 15) is 5.11 Å². The van der Waals surface area contributed by atoms with Gasteiger partial charge in [0.1, 0.15) is 11.7 Å². The summed E-state index contributed by atoms with van der Waals surface area (Å²) in [6.07, 6.45) is 11.2. The minimum Gasteiger partial charge on any atom is -0.493 e. The molecule has 3 fully saturated rings. The first-order valence-corrected chi connectivity index (χ1v) is 13.0. The van der Waals surface area contributed by atoms with Crippen LogP contribution in [0.1, 0.15) is 57.1 Å². The van der Waals surface area contributed by atoms with Gasteiger partial charge in [-0.15, -0.1) is 0 Å². The molecule has 178 valence electrons. The number of likely N-dealkylation sites (tertiary alicyclic amines) is 1. The van der Waals surface area contributed by atoms with E-state index in [1.165, 1.54) is 30.5 Å². The van der Waals surface area contributed by atoms with Crippen LogP contribution in [0.2, 0.25) is 0 Å². The molecule has 2 saturated carbocycles. The first kappa shape index (κ1) is 20.8. The lowest BCUT2D eigenvalue weighted by atomic mass is 9.36. The molecular formula is C28H37NO4. The van der Waals surface area contributed by atoms with Crippen LogP contribution in [0.5, 0.6) is 11.5 Å². The smallest absolute Gasteiger partial charge is 0.166 e. The van der Waals surface area contributed by atoms with Crippen molar-refractivity contribution in [2.45, 2.75) is 81.1 Å². The Kier molecular flexibility index (Phi) is 4.00. The Hall–Kier alpha value is -1.56. The molecular weight excluding hydrogens is 414 g/mol. The van der Waals surface area contributed by atoms with Crippen LogP contribution >= 0.6 is 0 Å². The summed E-state index contributed by atoms with van der Waals surface area (Å²) in [5, 5.41) is 11.7. The van der Waals surface area contributed by atoms with Crippen LogP contribution in [-0.4, -0.2) is 60.7 Å². The molecule has 0 amide bonds. The van der Waals surface area contributed by atoms with Crippen molar-refractivity contribution in [1.29, 1.82) is 0 Å². The molecule has 2 spiro atoms. The van der Waals surface area contributed by atoms with Gasteiger partial charge in [-0.2, -0.15) is 0 Å². The lowest BCUT2D eigenvalue weighted by Gasteiger charge is -2.72. The van der Waals surface area contributed by atoms with E-state index < -0.39 is 11.2 Å². The molecule has 7 aliphatic rings. The lowest BCUT2D eigenvalue weighted by Crippen LogP contribution is -2.80. The number of piperidine rings is 1. The second-order valence-corrected chi connectivity index (χ2v) is 11.9. The summed E-state index contributed by atoms with van der Waals surface area (Å²) < 4.78 is 19.3. The maximum Gasteiger partial charge on any atom is 0.166 e. The zero-order valence-electron chi connectivity index (χ0n) is 20.4. The average Bonchev–Trinajstić information content (AvgIpc) is 3.57. The second kappa shape index (κ2) is 6.35. The number of benzene rings is 1. The predicted molar refractivity (Wildman–Crippen MR) is 126 cm³/mol. The molecule has 5 aliphatic carbocycles. The Morgan fingerprint density at radius 1 is 1.24 bits per heavy atom. The summed E-state index contributed by atoms with van der Waals surface area (Å²) in [6.45, 7) is 6.42. The summed E-state index contributed by atoms with van der Waals surface area (Å²) >= 11 is 0. The highest BCUT2D eigenvalue weighted by Gasteiger charge is 2.80. The summed E-state index contributed by atoms with van der Waals surface area (Å²) in [5.74, 6) is 2.60. The fourth-order valence-corrected chi connectivity index (χ4v) is 8.88. The number of hydrogen-bond acceptors (Lipinski definition) is 5. The van der Waals surface area contributed by atoms with Gasteiger partial charge in [-0.3, -0.25) is 4.90 Å². The van der Waals surface area contributed by atoms with Gasteiger partial charge in [-0.1, -0.05) is 25.1 Å². The molecule has 2 heterocycles. The fraction of sp³-hybridized carbons (Fsp3) is 0.714. The van der Waals surface area contributed by atoms with Crippen molar-refractivity contribution in [1.82, 2.24) is 4.90 Å². The third-order valence-corrected chi connectivity index (χ3v) is 10.8. The van der Waals surface area contributed by atoms with Crippen LogP contribution in [-0.2, 0) is 16.6 Å². The highest BCUT2D eigenvalue weighted by molar-refractivity contribution is 5.65. The third kappa shape index (κ3) is 2.21. The SMILES string of the molecule is CC[C@](C)(O)[C@@H]1C[C@@]23C=C[C@@]1(OC)[C@@H]1Oc4c(OC)ccc5c4[C@@]12CCN(CC1CC1)[C@@H]3C5. The quantitative estimate of drug-likeness (QED) is 0.666. The van der Waals surface area contributed by atoms with E-state index in [0.717, 1.165) is 43.2 Å². The van der Waals surface area contributed by atoms with Crippen LogP contribution in [0.15, 0.2) is 24.3 Å². The van der Waals surface area contributed by atoms with Gasteiger partial charge in [-0.05, 0) is 69.5 Å². The minimum atomic E-state index is -0.826. The van der Waals surface area contributed by atoms with E-state index in [1.54, 1.807) is 7.11 Å². The molecule has 1 aromatic rings. The number of ether oxygens (including phenoxy) is 3. The van der Waals surface area contributed by atoms with E-state index in [4.69, 9.17) is 14.2 Å². The van der Waals surface area contributed by atoms with Gasteiger partial charge >= 0.3 is 0 Å². The number of hydrogen-bond donors (Lipinski definition) is 1. The van der Waals surface area contributed by atoms with Gasteiger partial charge < -0.3 is 19.3 Å². The predicted octanol–water partition coefficient (Wildman–Crippen LogP) is 3.86. The molecule has 1 N–H and O–H groups in total. The molecule has 1 saturated heterocycles. The molecule has 8 rings (SSSR count). The molecule has 4 bridgehead atoms. The molecule has 0 aromatic heterocycles. The standard InChI is InChI=1S/C28H37NO4/c1-5-25(2,30)20-15-26-10-11-28(20,32-4)24-27(26)12-13-29(16-17-6-7-17)21(26)14-18-8-9-19(31-3)23(33-24)22(18)27/h8-11,17,20-21,24,30H,5-7,12-16H2,1-4H3/t20-,21+,24+,25-,26+,27-,28-/m0/s1. The van der Waals surface area contributed by atoms with Crippen LogP contribution < -0.4 is 9.47 Å². The maximum absolute atomic E-state index is 11.7. The third-order valence-electron chi connectivity index (χ3n) is 10.8. The number of nitrogens with zero attached hydrogens (tertiary/aromatic N) is 1. The van der Waals surface area contributed by atoms with E-state index in [0.29, 0.717) is 12.5 Å². The summed E-state index contributed by atoms with van der Waals surface area (Å²) in [6, 6.07) is 4.82. The summed E-state index contributed by atoms with van der Waals surface area (Å²) in [5.41, 5.74) is 1.15. The number of methoxy groups -OCH3 is 2. The van der Waals surface area contributed by atoms with Gasteiger partial charge in [0.25, 0.3) is 0 Å². The van der Waals surface area contributed by atoms with Crippen LogP contribution in [0.25, 0.3) is 0 Å². The zero-order chi connectivity index (χ0) is 22.8. The Morgan fingerprint density at radius 2 is 2.06 bits per heavy atom. The molecule has 0 unspecified atom stereocenters. The molecule has 5 nitrogen and oxygen atoms in total. The molecule has 7 atom stereocenters. The summed E-state index contributed by atoms with van der Waals surface area (Å²) in [7, 11) is 3.55. The van der Waals surface area contributed by atoms with Crippen molar-refractivity contribution in [2.24, 2.45) is 17.3 Å². The van der Waals surface area contributed by atoms with Crippen molar-refractivity contribution >= 4 is 0 Å². The van der Waals surface area contributed by atoms with Gasteiger partial charge in [0.15, 0.2) is 11.5 Å². The van der Waals surface area contributed by atoms with Crippen molar-refractivity contribution in [3.8, 4) is 11.5 Å². The zero-order valence-corrected chi connectivity index (χ0v) is 20.4. The van der Waals surface area contributed by atoms with Crippen LogP contribution in [0.4, 0.5) is 0 Å². The number of fused-ring (bicyclic) bond motifs is 1. The Morgan fingerprint density at radius 3 is 2.76 bits per heavy atom. The van der Waals surface area contributed by atoms with Crippen molar-refractivity contribution in [3.05, 3.63) is 35.4 Å². The Balaban J connectivity index is 1.50. The van der Waals surface area contributed by atoms with Crippen molar-refractivity contribution < 1.29 is 19.3 Å². The first-order chi connectivity index (χ1) is 15.9. The fourth-order valence-electron chi connectivity index (χ4n) is 8.88. The lowest BCUT2D eigenvalue weighted by molar-refractivity contribution is -0.248. The van der Waals surface area contributed by atoms with E-state index in [1.807, 2.05) is 14.0 Å². The van der Waals surface area contributed by atoms with Gasteiger partial charge in [0.05, 0.1) is 18.1 Å². The molecule has 2 aliphatic heterocycles. The van der Waals surface area contributed by atoms with Crippen molar-refractivity contribution in [3.63, 3.8) is 0 Å². The number of aliphatic hydroxyl groups is 1. The molecule has 1 aromatic carbocycles. The monoisotopic (exact) mass is 451 g/mol. The normalized spacial score (nSPS) is 43.7. The average molecular weight is 452 g/mol. The molecule has 5 heteroatoms. The van der Waals surface area contributed by atoms with E-state index in [-0.39, 0.29) is 22.9 Å². The first-order valence-electron chi connectivity index (χ1n) is 13.0.